The van der Waals surface area contributed by atoms with Crippen LogP contribution >= 0.6 is 0 Å². The number of rotatable bonds is 5. The van der Waals surface area contributed by atoms with Crippen LogP contribution in [-0.2, 0) is 6.54 Å². The normalized spacial score (nSPS) is 11.3. The minimum atomic E-state index is 0.676. The van der Waals surface area contributed by atoms with Crippen molar-refractivity contribution < 1.29 is 0 Å². The van der Waals surface area contributed by atoms with Crippen LogP contribution in [0.25, 0.3) is 23.1 Å². The Labute approximate surface area is 151 Å². The number of H-pyrrole nitrogens is 1. The molecule has 0 fully saturated rings. The molecule has 3 heterocycles. The molecule has 0 aliphatic heterocycles. The van der Waals surface area contributed by atoms with Crippen molar-refractivity contribution in [2.24, 2.45) is 0 Å². The van der Waals surface area contributed by atoms with Crippen LogP contribution in [0.3, 0.4) is 0 Å². The number of anilines is 1. The van der Waals surface area contributed by atoms with E-state index in [2.05, 4.69) is 49.5 Å². The number of nitrogens with zero attached hydrogens (tertiary/aromatic N) is 4. The summed E-state index contributed by atoms with van der Waals surface area (Å²) in [4.78, 5) is 12.7. The first-order valence-electron chi connectivity index (χ1n) is 8.36. The summed E-state index contributed by atoms with van der Waals surface area (Å²) in [5, 5.41) is 12.0. The largest absolute Gasteiger partial charge is 0.379 e. The van der Waals surface area contributed by atoms with E-state index < -0.39 is 0 Å². The van der Waals surface area contributed by atoms with Crippen LogP contribution in [0.5, 0.6) is 0 Å². The monoisotopic (exact) mass is 342 g/mol. The number of benzene rings is 1. The summed E-state index contributed by atoms with van der Waals surface area (Å²) in [6, 6.07) is 10.1. The van der Waals surface area contributed by atoms with Crippen molar-refractivity contribution in [3.8, 4) is 0 Å². The summed E-state index contributed by atoms with van der Waals surface area (Å²) in [5.74, 6) is 0. The highest BCUT2D eigenvalue weighted by Crippen LogP contribution is 2.26. The zero-order valence-electron chi connectivity index (χ0n) is 14.3. The summed E-state index contributed by atoms with van der Waals surface area (Å²) in [5.41, 5.74) is 5.89. The van der Waals surface area contributed by atoms with E-state index >= 15 is 0 Å². The second kappa shape index (κ2) is 7.14. The van der Waals surface area contributed by atoms with Gasteiger partial charge in [0.2, 0.25) is 0 Å². The van der Waals surface area contributed by atoms with E-state index in [1.54, 1.807) is 24.8 Å². The van der Waals surface area contributed by atoms with Crippen molar-refractivity contribution in [1.82, 2.24) is 25.1 Å². The van der Waals surface area contributed by atoms with Crippen molar-refractivity contribution in [2.45, 2.75) is 13.5 Å². The molecule has 26 heavy (non-hydrogen) atoms. The number of aryl methyl sites for hydroxylation is 1. The predicted octanol–water partition coefficient (Wildman–Crippen LogP) is 3.84. The summed E-state index contributed by atoms with van der Waals surface area (Å²) in [6.07, 6.45) is 10.7. The molecule has 0 saturated heterocycles. The van der Waals surface area contributed by atoms with Gasteiger partial charge < -0.3 is 5.32 Å². The lowest BCUT2D eigenvalue weighted by Gasteiger charge is -2.09. The Hall–Kier alpha value is -3.54. The molecule has 3 aromatic heterocycles. The van der Waals surface area contributed by atoms with Crippen LogP contribution in [-0.4, -0.2) is 25.1 Å². The van der Waals surface area contributed by atoms with E-state index in [0.717, 1.165) is 39.2 Å². The molecule has 0 saturated carbocycles. The molecule has 2 N–H and O–H groups in total. The van der Waals surface area contributed by atoms with E-state index in [9.17, 15) is 0 Å². The number of fused-ring (bicyclic) bond motifs is 1. The zero-order chi connectivity index (χ0) is 17.8. The van der Waals surface area contributed by atoms with E-state index in [0.29, 0.717) is 6.54 Å². The molecule has 0 radical (unpaired) electrons. The molecule has 4 aromatic rings. The van der Waals surface area contributed by atoms with Gasteiger partial charge in [-0.1, -0.05) is 6.07 Å². The molecule has 0 bridgehead atoms. The molecule has 0 aliphatic rings. The average molecular weight is 342 g/mol. The molecule has 0 amide bonds. The summed E-state index contributed by atoms with van der Waals surface area (Å²) in [7, 11) is 0. The van der Waals surface area contributed by atoms with E-state index in [-0.39, 0.29) is 0 Å². The smallest absolute Gasteiger partial charge is 0.0928 e. The third-order valence-corrected chi connectivity index (χ3v) is 4.12. The maximum Gasteiger partial charge on any atom is 0.0928 e. The molecule has 4 rings (SSSR count). The van der Waals surface area contributed by atoms with Gasteiger partial charge in [0.15, 0.2) is 0 Å². The minimum absolute atomic E-state index is 0.676. The van der Waals surface area contributed by atoms with Crippen molar-refractivity contribution in [3.63, 3.8) is 0 Å². The highest BCUT2D eigenvalue weighted by Gasteiger charge is 2.07. The van der Waals surface area contributed by atoms with Gasteiger partial charge in [-0.2, -0.15) is 5.10 Å². The molecule has 0 spiro atoms. The first-order chi connectivity index (χ1) is 12.8. The van der Waals surface area contributed by atoms with Crippen LogP contribution in [0.4, 0.5) is 5.69 Å². The van der Waals surface area contributed by atoms with Gasteiger partial charge >= 0.3 is 0 Å². The Kier molecular flexibility index (Phi) is 4.38. The van der Waals surface area contributed by atoms with Crippen LogP contribution in [0.2, 0.25) is 0 Å². The van der Waals surface area contributed by atoms with Gasteiger partial charge in [0, 0.05) is 29.7 Å². The molecule has 0 atom stereocenters. The Bertz CT molecular complexity index is 1040. The second-order valence-corrected chi connectivity index (χ2v) is 5.96. The van der Waals surface area contributed by atoms with E-state index in [4.69, 9.17) is 0 Å². The number of hydrogen-bond donors (Lipinski definition) is 2. The second-order valence-electron chi connectivity index (χ2n) is 5.96. The first-order valence-corrected chi connectivity index (χ1v) is 8.36. The molecule has 6 nitrogen and oxygen atoms in total. The average Bonchev–Trinajstić information content (AvgIpc) is 3.08. The number of hydrogen-bond acceptors (Lipinski definition) is 5. The van der Waals surface area contributed by atoms with Crippen LogP contribution in [0.1, 0.15) is 22.6 Å². The van der Waals surface area contributed by atoms with Gasteiger partial charge in [-0.3, -0.25) is 20.1 Å². The fourth-order valence-electron chi connectivity index (χ4n) is 2.76. The van der Waals surface area contributed by atoms with Crippen molar-refractivity contribution in [2.75, 3.05) is 5.32 Å². The molecule has 128 valence electrons. The summed E-state index contributed by atoms with van der Waals surface area (Å²) in [6.45, 7) is 2.76. The van der Waals surface area contributed by atoms with Crippen LogP contribution in [0.15, 0.2) is 55.1 Å². The maximum atomic E-state index is 4.41. The number of aromatic nitrogens is 5. The highest BCUT2D eigenvalue weighted by molar-refractivity contribution is 5.92. The molecule has 0 aliphatic carbocycles. The lowest BCUT2D eigenvalue weighted by atomic mass is 10.1. The van der Waals surface area contributed by atoms with Gasteiger partial charge in [-0.05, 0) is 48.9 Å². The molecular weight excluding hydrogens is 324 g/mol. The fraction of sp³-hybridized carbons (Fsp3) is 0.100. The standard InChI is InChI=1S/C20H18N6/c1-14-10-20-17(11-19(14)24-13-15-4-2-3-7-22-15)18(25-26-20)6-5-16-12-21-8-9-23-16/h2-12,24H,13H2,1H3,(H,25,26)/b6-5+. The molecule has 6 heteroatoms. The van der Waals surface area contributed by atoms with Crippen LogP contribution < -0.4 is 5.32 Å². The summed E-state index contributed by atoms with van der Waals surface area (Å²) < 4.78 is 0. The Balaban J connectivity index is 1.61. The van der Waals surface area contributed by atoms with Gasteiger partial charge in [-0.15, -0.1) is 0 Å². The van der Waals surface area contributed by atoms with Crippen LogP contribution in [0, 0.1) is 6.92 Å². The first kappa shape index (κ1) is 16.0. The van der Waals surface area contributed by atoms with Gasteiger partial charge in [0.25, 0.3) is 0 Å². The van der Waals surface area contributed by atoms with E-state index in [1.807, 2.05) is 30.4 Å². The van der Waals surface area contributed by atoms with Gasteiger partial charge in [0.1, 0.15) is 0 Å². The minimum Gasteiger partial charge on any atom is -0.379 e. The number of nitrogens with one attached hydrogen (secondary N) is 2. The maximum absolute atomic E-state index is 4.41. The SMILES string of the molecule is Cc1cc2[nH]nc(/C=C/c3cnccn3)c2cc1NCc1ccccn1. The Morgan fingerprint density at radius 2 is 2.04 bits per heavy atom. The highest BCUT2D eigenvalue weighted by atomic mass is 15.1. The quantitative estimate of drug-likeness (QED) is 0.576. The van der Waals surface area contributed by atoms with E-state index in [1.165, 1.54) is 0 Å². The van der Waals surface area contributed by atoms with Crippen molar-refractivity contribution in [3.05, 3.63) is 77.8 Å². The Morgan fingerprint density at radius 1 is 1.08 bits per heavy atom. The summed E-state index contributed by atoms with van der Waals surface area (Å²) >= 11 is 0. The fourth-order valence-corrected chi connectivity index (χ4v) is 2.76. The lowest BCUT2D eigenvalue weighted by molar-refractivity contribution is 1.04. The Morgan fingerprint density at radius 3 is 2.85 bits per heavy atom. The van der Waals surface area contributed by atoms with Gasteiger partial charge in [-0.25, -0.2) is 0 Å². The number of pyridine rings is 1. The van der Waals surface area contributed by atoms with Crippen molar-refractivity contribution >= 4 is 28.7 Å². The molecule has 1 aromatic carbocycles. The van der Waals surface area contributed by atoms with Crippen molar-refractivity contribution in [1.29, 1.82) is 0 Å². The predicted molar refractivity (Wildman–Crippen MR) is 103 cm³/mol. The lowest BCUT2D eigenvalue weighted by Crippen LogP contribution is -2.02. The number of aromatic amines is 1. The molecular formula is C20H18N6. The zero-order valence-corrected chi connectivity index (χ0v) is 14.3. The topological polar surface area (TPSA) is 79.4 Å². The molecule has 0 unspecified atom stereocenters. The third kappa shape index (κ3) is 3.44. The third-order valence-electron chi connectivity index (χ3n) is 4.12. The van der Waals surface area contributed by atoms with Gasteiger partial charge in [0.05, 0.1) is 35.3 Å².